The first-order valence-electron chi connectivity index (χ1n) is 8.28. The minimum absolute atomic E-state index is 0.463. The Hall–Kier alpha value is -0.360. The first-order chi connectivity index (χ1) is 10.3. The Morgan fingerprint density at radius 3 is 3.05 bits per heavy atom. The molecule has 118 valence electrons. The van der Waals surface area contributed by atoms with Gasteiger partial charge in [0.15, 0.2) is 5.72 Å². The Balaban J connectivity index is 1.52. The molecule has 21 heavy (non-hydrogen) atoms. The molecule has 2 aliphatic heterocycles. The smallest absolute Gasteiger partial charge is 0.189 e. The monoisotopic (exact) mass is 309 g/mol. The highest BCUT2D eigenvalue weighted by Crippen LogP contribution is 2.31. The van der Waals surface area contributed by atoms with Crippen molar-refractivity contribution in [1.29, 1.82) is 0 Å². The van der Waals surface area contributed by atoms with E-state index in [2.05, 4.69) is 27.1 Å². The third-order valence-corrected chi connectivity index (χ3v) is 5.47. The molecule has 1 saturated carbocycles. The number of likely N-dealkylation sites (N-methyl/N-ethyl adjacent to an activating group) is 1. The van der Waals surface area contributed by atoms with Gasteiger partial charge in [0.05, 0.1) is 18.3 Å². The van der Waals surface area contributed by atoms with Crippen LogP contribution in [-0.4, -0.2) is 43.6 Å². The van der Waals surface area contributed by atoms with Gasteiger partial charge >= 0.3 is 0 Å². The maximum Gasteiger partial charge on any atom is 0.189 e. The minimum atomic E-state index is -0.463. The largest absolute Gasteiger partial charge is 0.350 e. The van der Waals surface area contributed by atoms with Gasteiger partial charge in [-0.15, -0.1) is 0 Å². The fourth-order valence-corrected chi connectivity index (χ4v) is 4.23. The number of nitrogens with one attached hydrogen (secondary N) is 1. The molecule has 0 bridgehead atoms. The zero-order chi connectivity index (χ0) is 14.5. The average Bonchev–Trinajstić information content (AvgIpc) is 3.16. The van der Waals surface area contributed by atoms with Crippen molar-refractivity contribution < 1.29 is 4.74 Å². The molecular weight excluding hydrogens is 282 g/mol. The summed E-state index contributed by atoms with van der Waals surface area (Å²) in [5, 5.41) is 0. The second-order valence-electron chi connectivity index (χ2n) is 6.56. The lowest BCUT2D eigenvalue weighted by Gasteiger charge is -2.34. The van der Waals surface area contributed by atoms with E-state index in [1.807, 2.05) is 6.21 Å². The SMILES string of the molecule is CN1CCC=C(C2(OCCCC3CCCC3)C=NSN2)C1. The summed E-state index contributed by atoms with van der Waals surface area (Å²) in [4.78, 5) is 2.34. The van der Waals surface area contributed by atoms with Crippen molar-refractivity contribution in [2.24, 2.45) is 10.3 Å². The Morgan fingerprint density at radius 1 is 1.48 bits per heavy atom. The van der Waals surface area contributed by atoms with Crippen molar-refractivity contribution in [3.63, 3.8) is 0 Å². The molecule has 0 amide bonds. The molecule has 0 saturated heterocycles. The van der Waals surface area contributed by atoms with Crippen LogP contribution >= 0.6 is 12.1 Å². The maximum absolute atomic E-state index is 6.26. The van der Waals surface area contributed by atoms with E-state index in [1.165, 1.54) is 49.8 Å². The van der Waals surface area contributed by atoms with E-state index in [9.17, 15) is 0 Å². The van der Waals surface area contributed by atoms with Crippen LogP contribution in [-0.2, 0) is 4.74 Å². The van der Waals surface area contributed by atoms with Crippen LogP contribution in [0.4, 0.5) is 0 Å². The van der Waals surface area contributed by atoms with Crippen molar-refractivity contribution in [2.45, 2.75) is 50.7 Å². The lowest BCUT2D eigenvalue weighted by atomic mass is 9.99. The van der Waals surface area contributed by atoms with Gasteiger partial charge in [-0.3, -0.25) is 0 Å². The lowest BCUT2D eigenvalue weighted by Crippen LogP contribution is -2.49. The molecule has 5 heteroatoms. The Bertz CT molecular complexity index is 406. The molecule has 3 aliphatic rings. The predicted octanol–water partition coefficient (Wildman–Crippen LogP) is 3.17. The summed E-state index contributed by atoms with van der Waals surface area (Å²) >= 11 is 1.39. The number of hydrogen-bond donors (Lipinski definition) is 1. The third kappa shape index (κ3) is 3.89. The van der Waals surface area contributed by atoms with Crippen LogP contribution in [0.15, 0.2) is 16.0 Å². The van der Waals surface area contributed by atoms with Crippen LogP contribution < -0.4 is 4.72 Å². The predicted molar refractivity (Wildman–Crippen MR) is 89.3 cm³/mol. The van der Waals surface area contributed by atoms with E-state index in [1.54, 1.807) is 0 Å². The topological polar surface area (TPSA) is 36.9 Å². The van der Waals surface area contributed by atoms with Gasteiger partial charge in [-0.25, -0.2) is 9.12 Å². The molecular formula is C16H27N3OS. The molecule has 1 N–H and O–H groups in total. The maximum atomic E-state index is 6.26. The lowest BCUT2D eigenvalue weighted by molar-refractivity contribution is 0.0238. The van der Waals surface area contributed by atoms with Crippen molar-refractivity contribution >= 4 is 18.3 Å². The van der Waals surface area contributed by atoms with E-state index in [0.717, 1.165) is 38.5 Å². The van der Waals surface area contributed by atoms with Crippen molar-refractivity contribution in [3.05, 3.63) is 11.6 Å². The molecule has 1 atom stereocenters. The van der Waals surface area contributed by atoms with Gasteiger partial charge < -0.3 is 9.64 Å². The zero-order valence-electron chi connectivity index (χ0n) is 13.0. The van der Waals surface area contributed by atoms with E-state index in [4.69, 9.17) is 4.74 Å². The van der Waals surface area contributed by atoms with Crippen LogP contribution in [0, 0.1) is 5.92 Å². The van der Waals surface area contributed by atoms with Crippen molar-refractivity contribution in [2.75, 3.05) is 26.7 Å². The molecule has 0 aromatic carbocycles. The molecule has 0 aromatic heterocycles. The standard InChI is InChI=1S/C16H27N3OS/c1-19-10-4-9-15(12-19)16(13-17-21-18-16)20-11-5-8-14-6-2-3-7-14/h9,13-14,18H,2-8,10-12H2,1H3. The van der Waals surface area contributed by atoms with Gasteiger partial charge in [-0.05, 0) is 37.8 Å². The highest BCUT2D eigenvalue weighted by molar-refractivity contribution is 7.96. The number of hydrogen-bond acceptors (Lipinski definition) is 5. The van der Waals surface area contributed by atoms with Crippen LogP contribution in [0.3, 0.4) is 0 Å². The van der Waals surface area contributed by atoms with Gasteiger partial charge in [-0.2, -0.15) is 0 Å². The minimum Gasteiger partial charge on any atom is -0.350 e. The van der Waals surface area contributed by atoms with E-state index >= 15 is 0 Å². The molecule has 1 fully saturated rings. The zero-order valence-corrected chi connectivity index (χ0v) is 13.8. The van der Waals surface area contributed by atoms with Gasteiger partial charge in [-0.1, -0.05) is 31.8 Å². The second-order valence-corrected chi connectivity index (χ2v) is 7.16. The Kier molecular flexibility index (Phi) is 5.38. The number of rotatable bonds is 6. The van der Waals surface area contributed by atoms with Gasteiger partial charge in [0.25, 0.3) is 0 Å². The molecule has 0 radical (unpaired) electrons. The van der Waals surface area contributed by atoms with Crippen molar-refractivity contribution in [1.82, 2.24) is 9.62 Å². The van der Waals surface area contributed by atoms with Crippen LogP contribution in [0.5, 0.6) is 0 Å². The summed E-state index contributed by atoms with van der Waals surface area (Å²) in [5.41, 5.74) is 0.848. The molecule has 1 unspecified atom stereocenters. The summed E-state index contributed by atoms with van der Waals surface area (Å²) in [6, 6.07) is 0. The average molecular weight is 309 g/mol. The number of ether oxygens (including phenoxy) is 1. The Labute approximate surface area is 132 Å². The first-order valence-corrected chi connectivity index (χ1v) is 9.05. The molecule has 2 heterocycles. The third-order valence-electron chi connectivity index (χ3n) is 4.86. The van der Waals surface area contributed by atoms with E-state index in [0.29, 0.717) is 0 Å². The summed E-state index contributed by atoms with van der Waals surface area (Å²) in [7, 11) is 2.17. The quantitative estimate of drug-likeness (QED) is 0.464. The molecule has 0 aromatic rings. The summed E-state index contributed by atoms with van der Waals surface area (Å²) in [5.74, 6) is 0.948. The van der Waals surface area contributed by atoms with Crippen molar-refractivity contribution in [3.8, 4) is 0 Å². The normalized spacial score (nSPS) is 31.0. The second kappa shape index (κ2) is 7.27. The molecule has 3 rings (SSSR count). The molecule has 4 nitrogen and oxygen atoms in total. The van der Waals surface area contributed by atoms with Gasteiger partial charge in [0.1, 0.15) is 0 Å². The number of nitrogens with zero attached hydrogens (tertiary/aromatic N) is 2. The fourth-order valence-electron chi connectivity index (χ4n) is 3.60. The van der Waals surface area contributed by atoms with Crippen LogP contribution in [0.2, 0.25) is 0 Å². The first kappa shape index (κ1) is 15.5. The highest BCUT2D eigenvalue weighted by Gasteiger charge is 2.38. The molecule has 0 spiro atoms. The van der Waals surface area contributed by atoms with Crippen LogP contribution in [0.25, 0.3) is 0 Å². The van der Waals surface area contributed by atoms with E-state index in [-0.39, 0.29) is 0 Å². The Morgan fingerprint density at radius 2 is 2.33 bits per heavy atom. The van der Waals surface area contributed by atoms with E-state index < -0.39 is 5.72 Å². The van der Waals surface area contributed by atoms with Gasteiger partial charge in [0, 0.05) is 19.7 Å². The summed E-state index contributed by atoms with van der Waals surface area (Å²) in [6.07, 6.45) is 13.6. The fraction of sp³-hybridized carbons (Fsp3) is 0.812. The summed E-state index contributed by atoms with van der Waals surface area (Å²) < 4.78 is 13.9. The van der Waals surface area contributed by atoms with Crippen LogP contribution in [0.1, 0.15) is 44.9 Å². The molecule has 1 aliphatic carbocycles. The highest BCUT2D eigenvalue weighted by atomic mass is 32.2. The van der Waals surface area contributed by atoms with Gasteiger partial charge in [0.2, 0.25) is 0 Å². The summed E-state index contributed by atoms with van der Waals surface area (Å²) in [6.45, 7) is 2.91.